The average molecular weight is 360 g/mol. The van der Waals surface area contributed by atoms with Crippen LogP contribution in [0.15, 0.2) is 24.3 Å². The van der Waals surface area contributed by atoms with Gasteiger partial charge in [0, 0.05) is 25.2 Å². The first-order valence-corrected chi connectivity index (χ1v) is 8.81. The molecule has 1 aromatic heterocycles. The minimum absolute atomic E-state index is 0.0333. The van der Waals surface area contributed by atoms with Crippen molar-refractivity contribution in [3.8, 4) is 0 Å². The second kappa shape index (κ2) is 8.45. The van der Waals surface area contributed by atoms with Crippen LogP contribution in [0.25, 0.3) is 0 Å². The number of benzene rings is 1. The van der Waals surface area contributed by atoms with Gasteiger partial charge >= 0.3 is 0 Å². The minimum Gasteiger partial charge on any atom is -0.325 e. The van der Waals surface area contributed by atoms with Gasteiger partial charge in [-0.25, -0.2) is 0 Å². The molecule has 4 nitrogen and oxygen atoms in total. The third-order valence-corrected chi connectivity index (χ3v) is 4.30. The molecule has 0 unspecified atom stereocenters. The molecule has 0 radical (unpaired) electrons. The Morgan fingerprint density at radius 2 is 1.80 bits per heavy atom. The molecule has 2 aromatic rings. The molecule has 0 fully saturated rings. The number of aryl methyl sites for hydroxylation is 4. The van der Waals surface area contributed by atoms with Crippen LogP contribution < -0.4 is 5.32 Å². The normalized spacial score (nSPS) is 11.0. The molecule has 0 spiro atoms. The molecule has 0 aliphatic rings. The van der Waals surface area contributed by atoms with Crippen LogP contribution in [0, 0.1) is 27.7 Å². The van der Waals surface area contributed by atoms with E-state index < -0.39 is 0 Å². The van der Waals surface area contributed by atoms with Crippen LogP contribution in [0.3, 0.4) is 0 Å². The van der Waals surface area contributed by atoms with Gasteiger partial charge in [-0.05, 0) is 69.6 Å². The average Bonchev–Trinajstić information content (AvgIpc) is 2.47. The van der Waals surface area contributed by atoms with Gasteiger partial charge in [0.15, 0.2) is 0 Å². The summed E-state index contributed by atoms with van der Waals surface area (Å²) in [4.78, 5) is 18.9. The van der Waals surface area contributed by atoms with Crippen LogP contribution in [0.4, 0.5) is 5.69 Å². The van der Waals surface area contributed by atoms with E-state index in [1.165, 1.54) is 5.56 Å². The molecular formula is C20H26ClN3O. The number of nitrogens with one attached hydrogen (secondary N) is 1. The predicted octanol–water partition coefficient (Wildman–Crippen LogP) is 4.43. The fourth-order valence-corrected chi connectivity index (χ4v) is 3.30. The van der Waals surface area contributed by atoms with Crippen LogP contribution >= 0.6 is 11.6 Å². The Morgan fingerprint density at radius 1 is 1.12 bits per heavy atom. The summed E-state index contributed by atoms with van der Waals surface area (Å²) in [5, 5.41) is 3.51. The van der Waals surface area contributed by atoms with Crippen molar-refractivity contribution in [3.63, 3.8) is 0 Å². The van der Waals surface area contributed by atoms with Crippen molar-refractivity contribution in [3.05, 3.63) is 57.4 Å². The topological polar surface area (TPSA) is 45.2 Å². The number of anilines is 1. The molecule has 0 bridgehead atoms. The zero-order valence-corrected chi connectivity index (χ0v) is 16.4. The number of carbonyl (C=O) groups excluding carboxylic acids is 1. The van der Waals surface area contributed by atoms with Gasteiger partial charge in [0.2, 0.25) is 5.91 Å². The summed E-state index contributed by atoms with van der Waals surface area (Å²) in [5.74, 6) is -0.0333. The number of amides is 1. The number of aromatic nitrogens is 1. The van der Waals surface area contributed by atoms with E-state index in [9.17, 15) is 4.79 Å². The molecule has 1 aromatic carbocycles. The zero-order chi connectivity index (χ0) is 18.6. The van der Waals surface area contributed by atoms with Crippen molar-refractivity contribution in [2.24, 2.45) is 0 Å². The molecule has 0 saturated heterocycles. The molecule has 1 heterocycles. The van der Waals surface area contributed by atoms with Gasteiger partial charge in [0.25, 0.3) is 0 Å². The molecule has 0 atom stereocenters. The molecular weight excluding hydrogens is 334 g/mol. The highest BCUT2D eigenvalue weighted by molar-refractivity contribution is 6.34. The highest BCUT2D eigenvalue weighted by Gasteiger charge is 2.11. The Balaban J connectivity index is 1.89. The highest BCUT2D eigenvalue weighted by Crippen LogP contribution is 2.27. The first-order chi connectivity index (χ1) is 11.7. The fourth-order valence-electron chi connectivity index (χ4n) is 2.93. The Labute approximate surface area is 155 Å². The number of pyridine rings is 1. The standard InChI is InChI=1S/C20H26ClN3O/c1-13-8-15(3)20(18(21)11-13)23-19(25)6-7-24(5)12-17-10-14(2)9-16(4)22-17/h8-11H,6-7,12H2,1-5H3,(H,23,25). The lowest BCUT2D eigenvalue weighted by Gasteiger charge is -2.17. The van der Waals surface area contributed by atoms with Crippen molar-refractivity contribution >= 4 is 23.2 Å². The summed E-state index contributed by atoms with van der Waals surface area (Å²) in [7, 11) is 2.00. The molecule has 0 saturated carbocycles. The van der Waals surface area contributed by atoms with E-state index in [0.29, 0.717) is 23.7 Å². The SMILES string of the molecule is Cc1cc(C)nc(CN(C)CCC(=O)Nc2c(C)cc(C)cc2Cl)c1. The number of hydrogen-bond donors (Lipinski definition) is 1. The number of halogens is 1. The molecule has 2 rings (SSSR count). The molecule has 0 aliphatic carbocycles. The Hall–Kier alpha value is -1.91. The van der Waals surface area contributed by atoms with Gasteiger partial charge in [0.1, 0.15) is 0 Å². The van der Waals surface area contributed by atoms with Crippen LogP contribution in [0.1, 0.15) is 34.5 Å². The van der Waals surface area contributed by atoms with Gasteiger partial charge in [-0.3, -0.25) is 9.78 Å². The summed E-state index contributed by atoms with van der Waals surface area (Å²) >= 11 is 6.25. The van der Waals surface area contributed by atoms with Crippen molar-refractivity contribution in [2.45, 2.75) is 40.7 Å². The fraction of sp³-hybridized carbons (Fsp3) is 0.400. The maximum absolute atomic E-state index is 12.3. The van der Waals surface area contributed by atoms with Gasteiger partial charge < -0.3 is 10.2 Å². The summed E-state index contributed by atoms with van der Waals surface area (Å²) in [6.45, 7) is 9.38. The second-order valence-corrected chi connectivity index (χ2v) is 7.16. The molecule has 25 heavy (non-hydrogen) atoms. The number of nitrogens with zero attached hydrogens (tertiary/aromatic N) is 2. The lowest BCUT2D eigenvalue weighted by Crippen LogP contribution is -2.24. The van der Waals surface area contributed by atoms with E-state index in [2.05, 4.69) is 34.3 Å². The predicted molar refractivity (Wildman–Crippen MR) is 104 cm³/mol. The number of carbonyl (C=O) groups is 1. The maximum Gasteiger partial charge on any atom is 0.225 e. The number of rotatable bonds is 6. The van der Waals surface area contributed by atoms with Gasteiger partial charge in [0.05, 0.1) is 16.4 Å². The lowest BCUT2D eigenvalue weighted by atomic mass is 10.1. The van der Waals surface area contributed by atoms with Crippen LogP contribution in [0.5, 0.6) is 0 Å². The molecule has 5 heteroatoms. The summed E-state index contributed by atoms with van der Waals surface area (Å²) in [6.07, 6.45) is 0.408. The molecule has 0 aliphatic heterocycles. The second-order valence-electron chi connectivity index (χ2n) is 6.75. The Morgan fingerprint density at radius 3 is 2.44 bits per heavy atom. The van der Waals surface area contributed by atoms with E-state index in [-0.39, 0.29) is 5.91 Å². The van der Waals surface area contributed by atoms with Crippen molar-refractivity contribution in [1.82, 2.24) is 9.88 Å². The first kappa shape index (κ1) is 19.4. The van der Waals surface area contributed by atoms with E-state index in [1.54, 1.807) is 0 Å². The van der Waals surface area contributed by atoms with E-state index in [0.717, 1.165) is 29.1 Å². The quantitative estimate of drug-likeness (QED) is 0.829. The third-order valence-electron chi connectivity index (χ3n) is 4.00. The summed E-state index contributed by atoms with van der Waals surface area (Å²) < 4.78 is 0. The summed E-state index contributed by atoms with van der Waals surface area (Å²) in [5.41, 5.74) is 6.02. The number of hydrogen-bond acceptors (Lipinski definition) is 3. The zero-order valence-electron chi connectivity index (χ0n) is 15.6. The third kappa shape index (κ3) is 5.83. The van der Waals surface area contributed by atoms with E-state index >= 15 is 0 Å². The van der Waals surface area contributed by atoms with E-state index in [4.69, 9.17) is 11.6 Å². The van der Waals surface area contributed by atoms with Gasteiger partial charge in [-0.1, -0.05) is 17.7 Å². The summed E-state index contributed by atoms with van der Waals surface area (Å²) in [6, 6.07) is 8.02. The lowest BCUT2D eigenvalue weighted by molar-refractivity contribution is -0.116. The van der Waals surface area contributed by atoms with Gasteiger partial charge in [-0.2, -0.15) is 0 Å². The minimum atomic E-state index is -0.0333. The maximum atomic E-state index is 12.3. The highest BCUT2D eigenvalue weighted by atomic mass is 35.5. The molecule has 1 N–H and O–H groups in total. The smallest absolute Gasteiger partial charge is 0.225 e. The first-order valence-electron chi connectivity index (χ1n) is 8.44. The Kier molecular flexibility index (Phi) is 6.57. The van der Waals surface area contributed by atoms with Gasteiger partial charge in [-0.15, -0.1) is 0 Å². The molecule has 134 valence electrons. The monoisotopic (exact) mass is 359 g/mol. The van der Waals surface area contributed by atoms with Crippen LogP contribution in [0.2, 0.25) is 5.02 Å². The van der Waals surface area contributed by atoms with Crippen LogP contribution in [-0.2, 0) is 11.3 Å². The van der Waals surface area contributed by atoms with Crippen LogP contribution in [-0.4, -0.2) is 29.4 Å². The van der Waals surface area contributed by atoms with Crippen molar-refractivity contribution < 1.29 is 4.79 Å². The largest absolute Gasteiger partial charge is 0.325 e. The van der Waals surface area contributed by atoms with Crippen molar-refractivity contribution in [1.29, 1.82) is 0 Å². The molecule has 1 amide bonds. The Bertz CT molecular complexity index is 730. The van der Waals surface area contributed by atoms with Crippen molar-refractivity contribution in [2.75, 3.05) is 18.9 Å². The van der Waals surface area contributed by atoms with E-state index in [1.807, 2.05) is 40.0 Å².